The first-order chi connectivity index (χ1) is 8.11. The van der Waals surface area contributed by atoms with Crippen LogP contribution in [0.25, 0.3) is 0 Å². The summed E-state index contributed by atoms with van der Waals surface area (Å²) >= 11 is 1.91. The quantitative estimate of drug-likeness (QED) is 0.400. The lowest BCUT2D eigenvalue weighted by Crippen LogP contribution is -2.44. The molecule has 0 rings (SSSR count). The van der Waals surface area contributed by atoms with Gasteiger partial charge in [-0.3, -0.25) is 4.99 Å². The molecule has 4 heteroatoms. The van der Waals surface area contributed by atoms with Gasteiger partial charge < -0.3 is 10.6 Å². The number of rotatable bonds is 8. The summed E-state index contributed by atoms with van der Waals surface area (Å²) in [6.45, 7) is 10.6. The molecule has 0 radical (unpaired) electrons. The van der Waals surface area contributed by atoms with Gasteiger partial charge in [0, 0.05) is 19.1 Å². The van der Waals surface area contributed by atoms with Crippen LogP contribution in [0.2, 0.25) is 0 Å². The van der Waals surface area contributed by atoms with Gasteiger partial charge in [0.25, 0.3) is 0 Å². The molecule has 0 amide bonds. The normalized spacial score (nSPS) is 13.9. The molecule has 3 nitrogen and oxygen atoms in total. The molecule has 1 atom stereocenters. The van der Waals surface area contributed by atoms with Crippen LogP contribution in [0.4, 0.5) is 0 Å². The maximum absolute atomic E-state index is 4.59. The summed E-state index contributed by atoms with van der Waals surface area (Å²) in [6, 6.07) is 0.457. The standard InChI is InChI=1S/C13H29N3S/c1-6-14-13(16-12(4)11(2)3)15-9-7-8-10-17-5/h11-12H,6-10H2,1-5H3,(H2,14,15,16). The fourth-order valence-corrected chi connectivity index (χ4v) is 1.74. The zero-order valence-electron chi connectivity index (χ0n) is 12.0. The summed E-state index contributed by atoms with van der Waals surface area (Å²) in [5, 5.41) is 6.73. The fraction of sp³-hybridized carbons (Fsp3) is 0.923. The Hall–Kier alpha value is -0.380. The topological polar surface area (TPSA) is 36.4 Å². The minimum absolute atomic E-state index is 0.457. The smallest absolute Gasteiger partial charge is 0.191 e. The first-order valence-corrected chi connectivity index (χ1v) is 8.05. The van der Waals surface area contributed by atoms with Gasteiger partial charge in [0.1, 0.15) is 0 Å². The number of thioether (sulfide) groups is 1. The highest BCUT2D eigenvalue weighted by Gasteiger charge is 2.08. The number of guanidine groups is 1. The first kappa shape index (κ1) is 16.6. The van der Waals surface area contributed by atoms with Gasteiger partial charge in [0.05, 0.1) is 0 Å². The number of nitrogens with one attached hydrogen (secondary N) is 2. The molecule has 0 spiro atoms. The number of unbranched alkanes of at least 4 members (excludes halogenated alkanes) is 1. The van der Waals surface area contributed by atoms with Crippen molar-refractivity contribution in [2.24, 2.45) is 10.9 Å². The average Bonchev–Trinajstić information content (AvgIpc) is 2.28. The molecule has 0 aromatic rings. The van der Waals surface area contributed by atoms with Crippen molar-refractivity contribution < 1.29 is 0 Å². The van der Waals surface area contributed by atoms with E-state index in [-0.39, 0.29) is 0 Å². The molecule has 0 aliphatic heterocycles. The summed E-state index contributed by atoms with van der Waals surface area (Å²) in [7, 11) is 0. The molecule has 102 valence electrons. The van der Waals surface area contributed by atoms with Crippen molar-refractivity contribution in [1.82, 2.24) is 10.6 Å². The zero-order chi connectivity index (χ0) is 13.1. The molecule has 0 fully saturated rings. The highest BCUT2D eigenvalue weighted by Crippen LogP contribution is 2.01. The third kappa shape index (κ3) is 9.33. The maximum Gasteiger partial charge on any atom is 0.191 e. The minimum atomic E-state index is 0.457. The number of hydrogen-bond donors (Lipinski definition) is 2. The van der Waals surface area contributed by atoms with E-state index in [0.717, 1.165) is 19.0 Å². The molecule has 0 aliphatic carbocycles. The Morgan fingerprint density at radius 3 is 2.47 bits per heavy atom. The van der Waals surface area contributed by atoms with Crippen LogP contribution in [0.5, 0.6) is 0 Å². The van der Waals surface area contributed by atoms with E-state index in [0.29, 0.717) is 12.0 Å². The Kier molecular flexibility index (Phi) is 10.5. The molecular weight excluding hydrogens is 230 g/mol. The van der Waals surface area contributed by atoms with E-state index in [9.17, 15) is 0 Å². The summed E-state index contributed by atoms with van der Waals surface area (Å²) < 4.78 is 0. The Morgan fingerprint density at radius 1 is 1.24 bits per heavy atom. The van der Waals surface area contributed by atoms with Crippen molar-refractivity contribution in [3.8, 4) is 0 Å². The lowest BCUT2D eigenvalue weighted by molar-refractivity contribution is 0.481. The molecule has 0 bridgehead atoms. The van der Waals surface area contributed by atoms with E-state index in [4.69, 9.17) is 0 Å². The highest BCUT2D eigenvalue weighted by molar-refractivity contribution is 7.98. The van der Waals surface area contributed by atoms with Gasteiger partial charge in [-0.2, -0.15) is 11.8 Å². The number of nitrogens with zero attached hydrogens (tertiary/aromatic N) is 1. The first-order valence-electron chi connectivity index (χ1n) is 6.65. The molecule has 1 unspecified atom stereocenters. The van der Waals surface area contributed by atoms with Gasteiger partial charge in [-0.1, -0.05) is 13.8 Å². The van der Waals surface area contributed by atoms with E-state index < -0.39 is 0 Å². The van der Waals surface area contributed by atoms with E-state index in [1.54, 1.807) is 0 Å². The number of hydrogen-bond acceptors (Lipinski definition) is 2. The Morgan fingerprint density at radius 2 is 1.94 bits per heavy atom. The van der Waals surface area contributed by atoms with Crippen molar-refractivity contribution >= 4 is 17.7 Å². The third-order valence-corrected chi connectivity index (χ3v) is 3.43. The Balaban J connectivity index is 3.98. The average molecular weight is 259 g/mol. The van der Waals surface area contributed by atoms with Crippen LogP contribution in [0.3, 0.4) is 0 Å². The molecule has 17 heavy (non-hydrogen) atoms. The van der Waals surface area contributed by atoms with Gasteiger partial charge >= 0.3 is 0 Å². The van der Waals surface area contributed by atoms with Crippen LogP contribution in [-0.2, 0) is 0 Å². The monoisotopic (exact) mass is 259 g/mol. The lowest BCUT2D eigenvalue weighted by Gasteiger charge is -2.20. The predicted octanol–water partition coefficient (Wildman–Crippen LogP) is 2.73. The van der Waals surface area contributed by atoms with Crippen molar-refractivity contribution in [1.29, 1.82) is 0 Å². The molecule has 0 aromatic carbocycles. The van der Waals surface area contributed by atoms with Gasteiger partial charge in [-0.05, 0) is 44.6 Å². The molecular formula is C13H29N3S. The van der Waals surface area contributed by atoms with Crippen LogP contribution in [-0.4, -0.2) is 37.1 Å². The summed E-state index contributed by atoms with van der Waals surface area (Å²) in [6.07, 6.45) is 4.58. The van der Waals surface area contributed by atoms with Crippen molar-refractivity contribution in [2.75, 3.05) is 25.1 Å². The van der Waals surface area contributed by atoms with Gasteiger partial charge in [-0.15, -0.1) is 0 Å². The van der Waals surface area contributed by atoms with E-state index in [1.165, 1.54) is 18.6 Å². The molecule has 0 heterocycles. The second-order valence-electron chi connectivity index (χ2n) is 4.64. The highest BCUT2D eigenvalue weighted by atomic mass is 32.2. The summed E-state index contributed by atoms with van der Waals surface area (Å²) in [5.74, 6) is 2.82. The second-order valence-corrected chi connectivity index (χ2v) is 5.62. The molecule has 0 saturated carbocycles. The molecule has 0 saturated heterocycles. The van der Waals surface area contributed by atoms with Gasteiger partial charge in [-0.25, -0.2) is 0 Å². The van der Waals surface area contributed by atoms with Crippen LogP contribution < -0.4 is 10.6 Å². The Labute approximate surface area is 111 Å². The summed E-state index contributed by atoms with van der Waals surface area (Å²) in [5.41, 5.74) is 0. The van der Waals surface area contributed by atoms with Crippen molar-refractivity contribution in [3.63, 3.8) is 0 Å². The Bertz CT molecular complexity index is 205. The second kappa shape index (κ2) is 10.8. The molecule has 0 aliphatic rings. The predicted molar refractivity (Wildman–Crippen MR) is 81.0 cm³/mol. The van der Waals surface area contributed by atoms with E-state index >= 15 is 0 Å². The third-order valence-electron chi connectivity index (χ3n) is 2.74. The van der Waals surface area contributed by atoms with Gasteiger partial charge in [0.15, 0.2) is 5.96 Å². The molecule has 2 N–H and O–H groups in total. The lowest BCUT2D eigenvalue weighted by atomic mass is 10.1. The van der Waals surface area contributed by atoms with Crippen LogP contribution in [0.1, 0.15) is 40.5 Å². The SMILES string of the molecule is CCNC(=NCCCCSC)NC(C)C(C)C. The van der Waals surface area contributed by atoms with Crippen LogP contribution in [0.15, 0.2) is 4.99 Å². The zero-order valence-corrected chi connectivity index (χ0v) is 12.9. The van der Waals surface area contributed by atoms with Gasteiger partial charge in [0.2, 0.25) is 0 Å². The van der Waals surface area contributed by atoms with E-state index in [1.807, 2.05) is 11.8 Å². The largest absolute Gasteiger partial charge is 0.357 e. The molecule has 0 aromatic heterocycles. The number of aliphatic imine (C=N–C) groups is 1. The maximum atomic E-state index is 4.59. The summed E-state index contributed by atoms with van der Waals surface area (Å²) in [4.78, 5) is 4.59. The van der Waals surface area contributed by atoms with Crippen molar-refractivity contribution in [2.45, 2.75) is 46.6 Å². The van der Waals surface area contributed by atoms with E-state index in [2.05, 4.69) is 49.6 Å². The van der Waals surface area contributed by atoms with Crippen molar-refractivity contribution in [3.05, 3.63) is 0 Å². The van der Waals surface area contributed by atoms with Crippen LogP contribution in [0, 0.1) is 5.92 Å². The fourth-order valence-electron chi connectivity index (χ4n) is 1.25. The minimum Gasteiger partial charge on any atom is -0.357 e. The van der Waals surface area contributed by atoms with Crippen LogP contribution >= 0.6 is 11.8 Å².